The van der Waals surface area contributed by atoms with E-state index < -0.39 is 15.8 Å². The van der Waals surface area contributed by atoms with Gasteiger partial charge in [-0.2, -0.15) is 4.31 Å². The summed E-state index contributed by atoms with van der Waals surface area (Å²) in [7, 11) is -3.70. The van der Waals surface area contributed by atoms with Crippen LogP contribution in [0.15, 0.2) is 23.1 Å². The molecule has 0 spiro atoms. The first kappa shape index (κ1) is 15.7. The molecule has 20 heavy (non-hydrogen) atoms. The third-order valence-corrected chi connectivity index (χ3v) is 6.02. The predicted molar refractivity (Wildman–Crippen MR) is 76.5 cm³/mol. The molecule has 1 aromatic rings. The van der Waals surface area contributed by atoms with Crippen LogP contribution in [0.3, 0.4) is 0 Å². The van der Waals surface area contributed by atoms with Crippen molar-refractivity contribution in [3.05, 3.63) is 29.0 Å². The van der Waals surface area contributed by atoms with Crippen molar-refractivity contribution in [3.8, 4) is 0 Å². The van der Waals surface area contributed by atoms with E-state index >= 15 is 0 Å². The van der Waals surface area contributed by atoms with E-state index in [1.54, 1.807) is 0 Å². The number of rotatable bonds is 3. The van der Waals surface area contributed by atoms with Crippen LogP contribution in [0, 0.1) is 11.7 Å². The van der Waals surface area contributed by atoms with Gasteiger partial charge in [-0.1, -0.05) is 11.6 Å². The molecule has 0 radical (unpaired) electrons. The van der Waals surface area contributed by atoms with Gasteiger partial charge >= 0.3 is 0 Å². The molecule has 0 amide bonds. The van der Waals surface area contributed by atoms with Crippen LogP contribution in [0.5, 0.6) is 0 Å². The van der Waals surface area contributed by atoms with Crippen molar-refractivity contribution in [2.75, 3.05) is 13.1 Å². The standard InChI is InChI=1S/C13H18ClFN2O2S/c1-9(16)10-3-2-6-17(8-10)20(18,19)13-5-4-11(15)7-12(13)14/h4-5,7,9-10H,2-3,6,8,16H2,1H3/t9-,10+/m1/s1. The lowest BCUT2D eigenvalue weighted by Gasteiger charge is -2.33. The minimum absolute atomic E-state index is 0.0501. The third-order valence-electron chi connectivity index (χ3n) is 3.68. The number of nitrogens with two attached hydrogens (primary N) is 1. The molecule has 1 aliphatic rings. The highest BCUT2D eigenvalue weighted by molar-refractivity contribution is 7.89. The summed E-state index contributed by atoms with van der Waals surface area (Å²) in [5.41, 5.74) is 5.86. The zero-order valence-corrected chi connectivity index (χ0v) is 12.8. The van der Waals surface area contributed by atoms with Crippen molar-refractivity contribution >= 4 is 21.6 Å². The Morgan fingerprint density at radius 3 is 2.80 bits per heavy atom. The van der Waals surface area contributed by atoms with Crippen molar-refractivity contribution in [2.45, 2.75) is 30.7 Å². The van der Waals surface area contributed by atoms with E-state index in [9.17, 15) is 12.8 Å². The summed E-state index contributed by atoms with van der Waals surface area (Å²) in [6.07, 6.45) is 1.69. The Bertz CT molecular complexity index is 592. The van der Waals surface area contributed by atoms with Crippen LogP contribution in [-0.2, 0) is 10.0 Å². The van der Waals surface area contributed by atoms with Crippen LogP contribution in [0.25, 0.3) is 0 Å². The fourth-order valence-electron chi connectivity index (χ4n) is 2.44. The molecule has 0 saturated carbocycles. The lowest BCUT2D eigenvalue weighted by Crippen LogP contribution is -2.45. The van der Waals surface area contributed by atoms with Crippen LogP contribution in [0.4, 0.5) is 4.39 Å². The van der Waals surface area contributed by atoms with Crippen molar-refractivity contribution in [3.63, 3.8) is 0 Å². The molecule has 0 bridgehead atoms. The molecule has 1 aliphatic heterocycles. The Labute approximate surface area is 123 Å². The van der Waals surface area contributed by atoms with E-state index in [0.717, 1.165) is 25.0 Å². The number of benzene rings is 1. The predicted octanol–water partition coefficient (Wildman–Crippen LogP) is 2.23. The average Bonchev–Trinajstić information content (AvgIpc) is 2.38. The highest BCUT2D eigenvalue weighted by Crippen LogP contribution is 2.29. The summed E-state index contributed by atoms with van der Waals surface area (Å²) in [6, 6.07) is 3.27. The van der Waals surface area contributed by atoms with Crippen molar-refractivity contribution in [1.82, 2.24) is 4.31 Å². The van der Waals surface area contributed by atoms with Gasteiger partial charge in [-0.15, -0.1) is 0 Å². The number of sulfonamides is 1. The Hall–Kier alpha value is -0.690. The van der Waals surface area contributed by atoms with Gasteiger partial charge in [-0.3, -0.25) is 0 Å². The molecule has 2 rings (SSSR count). The Balaban J connectivity index is 2.30. The molecule has 1 fully saturated rings. The van der Waals surface area contributed by atoms with Gasteiger partial charge in [0.1, 0.15) is 10.7 Å². The van der Waals surface area contributed by atoms with Crippen molar-refractivity contribution in [1.29, 1.82) is 0 Å². The van der Waals surface area contributed by atoms with E-state index in [-0.39, 0.29) is 21.9 Å². The minimum atomic E-state index is -3.70. The smallest absolute Gasteiger partial charge is 0.244 e. The Morgan fingerprint density at radius 1 is 1.50 bits per heavy atom. The monoisotopic (exact) mass is 320 g/mol. The molecule has 1 heterocycles. The quantitative estimate of drug-likeness (QED) is 0.929. The lowest BCUT2D eigenvalue weighted by atomic mass is 9.93. The summed E-state index contributed by atoms with van der Waals surface area (Å²) in [5.74, 6) is -0.418. The van der Waals surface area contributed by atoms with Gasteiger partial charge in [0.25, 0.3) is 0 Å². The summed E-state index contributed by atoms with van der Waals surface area (Å²) >= 11 is 5.86. The van der Waals surface area contributed by atoms with E-state index in [1.807, 2.05) is 6.92 Å². The number of halogens is 2. The molecular formula is C13H18ClFN2O2S. The molecular weight excluding hydrogens is 303 g/mol. The number of hydrogen-bond donors (Lipinski definition) is 1. The Morgan fingerprint density at radius 2 is 2.20 bits per heavy atom. The molecule has 4 nitrogen and oxygen atoms in total. The number of hydrogen-bond acceptors (Lipinski definition) is 3. The van der Waals surface area contributed by atoms with Crippen LogP contribution in [-0.4, -0.2) is 31.9 Å². The average molecular weight is 321 g/mol. The first-order chi connectivity index (χ1) is 9.32. The highest BCUT2D eigenvalue weighted by atomic mass is 35.5. The van der Waals surface area contributed by atoms with Crippen LogP contribution in [0.2, 0.25) is 5.02 Å². The zero-order valence-electron chi connectivity index (χ0n) is 11.2. The van der Waals surface area contributed by atoms with Gasteiger partial charge < -0.3 is 5.73 Å². The van der Waals surface area contributed by atoms with E-state index in [0.29, 0.717) is 13.1 Å². The van der Waals surface area contributed by atoms with E-state index in [2.05, 4.69) is 0 Å². The maximum absolute atomic E-state index is 13.0. The molecule has 2 atom stereocenters. The van der Waals surface area contributed by atoms with Crippen LogP contribution < -0.4 is 5.73 Å². The second-order valence-corrected chi connectivity index (χ2v) is 7.51. The largest absolute Gasteiger partial charge is 0.328 e. The fourth-order valence-corrected chi connectivity index (χ4v) is 4.49. The summed E-state index contributed by atoms with van der Waals surface area (Å²) in [4.78, 5) is -0.0501. The summed E-state index contributed by atoms with van der Waals surface area (Å²) in [6.45, 7) is 2.71. The van der Waals surface area contributed by atoms with Gasteiger partial charge in [0.15, 0.2) is 0 Å². The van der Waals surface area contributed by atoms with Gasteiger partial charge in [0.2, 0.25) is 10.0 Å². The SMILES string of the molecule is C[C@@H](N)[C@H]1CCCN(S(=O)(=O)c2ccc(F)cc2Cl)C1. The van der Waals surface area contributed by atoms with Crippen molar-refractivity contribution < 1.29 is 12.8 Å². The van der Waals surface area contributed by atoms with E-state index in [1.165, 1.54) is 10.4 Å². The first-order valence-corrected chi connectivity index (χ1v) is 8.35. The van der Waals surface area contributed by atoms with Gasteiger partial charge in [0, 0.05) is 19.1 Å². The van der Waals surface area contributed by atoms with Gasteiger partial charge in [-0.25, -0.2) is 12.8 Å². The van der Waals surface area contributed by atoms with Crippen LogP contribution >= 0.6 is 11.6 Å². The second-order valence-electron chi connectivity index (χ2n) is 5.20. The molecule has 1 aromatic carbocycles. The molecule has 7 heteroatoms. The maximum Gasteiger partial charge on any atom is 0.244 e. The molecule has 112 valence electrons. The molecule has 2 N–H and O–H groups in total. The maximum atomic E-state index is 13.0. The highest BCUT2D eigenvalue weighted by Gasteiger charge is 2.32. The van der Waals surface area contributed by atoms with Gasteiger partial charge in [-0.05, 0) is 43.9 Å². The topological polar surface area (TPSA) is 63.4 Å². The fraction of sp³-hybridized carbons (Fsp3) is 0.538. The number of piperidine rings is 1. The molecule has 0 aromatic heterocycles. The second kappa shape index (κ2) is 5.97. The normalized spacial score (nSPS) is 22.7. The summed E-state index contributed by atoms with van der Waals surface area (Å²) < 4.78 is 39.6. The van der Waals surface area contributed by atoms with Gasteiger partial charge in [0.05, 0.1) is 5.02 Å². The zero-order chi connectivity index (χ0) is 14.9. The minimum Gasteiger partial charge on any atom is -0.328 e. The van der Waals surface area contributed by atoms with E-state index in [4.69, 9.17) is 17.3 Å². The third kappa shape index (κ3) is 3.14. The first-order valence-electron chi connectivity index (χ1n) is 6.53. The lowest BCUT2D eigenvalue weighted by molar-refractivity contribution is 0.243. The molecule has 0 unspecified atom stereocenters. The van der Waals surface area contributed by atoms with Crippen LogP contribution in [0.1, 0.15) is 19.8 Å². The molecule has 0 aliphatic carbocycles. The summed E-state index contributed by atoms with van der Waals surface area (Å²) in [5, 5.41) is -0.0899. The number of nitrogens with zero attached hydrogens (tertiary/aromatic N) is 1. The van der Waals surface area contributed by atoms with Crippen molar-refractivity contribution in [2.24, 2.45) is 11.7 Å². The molecule has 1 saturated heterocycles. The Kier molecular flexibility index (Phi) is 4.69.